The minimum absolute atomic E-state index is 0.143. The fourth-order valence-corrected chi connectivity index (χ4v) is 2.75. The Hall–Kier alpha value is -1.50. The van der Waals surface area contributed by atoms with Crippen molar-refractivity contribution in [2.75, 3.05) is 0 Å². The Labute approximate surface area is 131 Å². The molecule has 0 atom stereocenters. The zero-order valence-corrected chi connectivity index (χ0v) is 13.1. The summed E-state index contributed by atoms with van der Waals surface area (Å²) >= 11 is 12.1. The van der Waals surface area contributed by atoms with Crippen molar-refractivity contribution in [2.24, 2.45) is 10.8 Å². The number of halogens is 1. The molecule has 20 heavy (non-hydrogen) atoms. The van der Waals surface area contributed by atoms with Gasteiger partial charge in [0.1, 0.15) is 0 Å². The molecule has 0 aliphatic heterocycles. The molecular weight excluding hydrogens is 312 g/mol. The van der Waals surface area contributed by atoms with Crippen LogP contribution in [0.5, 0.6) is 0 Å². The van der Waals surface area contributed by atoms with E-state index >= 15 is 0 Å². The summed E-state index contributed by atoms with van der Waals surface area (Å²) in [6.07, 6.45) is 2.46. The Kier molecular flexibility index (Phi) is 5.05. The van der Waals surface area contributed by atoms with Gasteiger partial charge in [0, 0.05) is 11.4 Å². The Morgan fingerprint density at radius 2 is 2.20 bits per heavy atom. The topological polar surface area (TPSA) is 63.3 Å². The average molecular weight is 325 g/mol. The molecule has 0 saturated heterocycles. The van der Waals surface area contributed by atoms with Crippen LogP contribution in [0.3, 0.4) is 0 Å². The molecule has 1 aromatic carbocycles. The number of aryl methyl sites for hydroxylation is 1. The zero-order chi connectivity index (χ0) is 14.5. The highest BCUT2D eigenvalue weighted by Gasteiger charge is 2.06. The molecular formula is C13H13ClN4S2. The van der Waals surface area contributed by atoms with Crippen molar-refractivity contribution in [3.63, 3.8) is 0 Å². The molecule has 7 heteroatoms. The number of aromatic nitrogens is 1. The third-order valence-corrected chi connectivity index (χ3v) is 3.94. The summed E-state index contributed by atoms with van der Waals surface area (Å²) in [5, 5.41) is 5.86. The van der Waals surface area contributed by atoms with Crippen molar-refractivity contribution < 1.29 is 0 Å². The van der Waals surface area contributed by atoms with Gasteiger partial charge >= 0.3 is 0 Å². The average Bonchev–Trinajstić information content (AvgIpc) is 2.72. The van der Waals surface area contributed by atoms with Crippen LogP contribution in [0.4, 0.5) is 0 Å². The molecule has 0 aliphatic carbocycles. The molecule has 0 radical (unpaired) electrons. The van der Waals surface area contributed by atoms with E-state index in [1.165, 1.54) is 5.56 Å². The lowest BCUT2D eigenvalue weighted by Crippen LogP contribution is -2.23. The predicted octanol–water partition coefficient (Wildman–Crippen LogP) is 2.86. The van der Waals surface area contributed by atoms with Crippen LogP contribution in [0, 0.1) is 6.92 Å². The molecule has 0 saturated carbocycles. The number of benzene rings is 1. The second kappa shape index (κ2) is 6.78. The number of hydrogen-bond acceptors (Lipinski definition) is 4. The van der Waals surface area contributed by atoms with Crippen LogP contribution in [0.15, 0.2) is 29.4 Å². The zero-order valence-electron chi connectivity index (χ0n) is 10.8. The molecule has 0 aliphatic rings. The van der Waals surface area contributed by atoms with Crippen molar-refractivity contribution >= 4 is 46.5 Å². The fourth-order valence-electron chi connectivity index (χ4n) is 1.59. The van der Waals surface area contributed by atoms with E-state index < -0.39 is 0 Å². The number of nitrogens with zero attached hydrogens (tertiary/aromatic N) is 2. The van der Waals surface area contributed by atoms with Gasteiger partial charge in [-0.05, 0) is 36.8 Å². The molecule has 2 aromatic rings. The van der Waals surface area contributed by atoms with Gasteiger partial charge in [0.05, 0.1) is 21.8 Å². The summed E-state index contributed by atoms with van der Waals surface area (Å²) in [5.41, 5.74) is 9.94. The molecule has 0 unspecified atom stereocenters. The van der Waals surface area contributed by atoms with Crippen molar-refractivity contribution in [3.05, 3.63) is 50.4 Å². The summed E-state index contributed by atoms with van der Waals surface area (Å²) in [5.74, 6) is 0. The van der Waals surface area contributed by atoms with E-state index in [2.05, 4.69) is 27.7 Å². The molecule has 0 bridgehead atoms. The van der Waals surface area contributed by atoms with E-state index in [-0.39, 0.29) is 5.11 Å². The Balaban J connectivity index is 2.08. The van der Waals surface area contributed by atoms with Gasteiger partial charge in [-0.15, -0.1) is 11.3 Å². The summed E-state index contributed by atoms with van der Waals surface area (Å²) in [4.78, 5) is 5.51. The summed E-state index contributed by atoms with van der Waals surface area (Å²) in [7, 11) is 0. The fraction of sp³-hybridized carbons (Fsp3) is 0.154. The van der Waals surface area contributed by atoms with Gasteiger partial charge in [0.15, 0.2) is 5.11 Å². The SMILES string of the molecule is Cc1nc(Cc2ccc(Cl)cc2)sc1/C=N/NC(N)=S. The first-order valence-corrected chi connectivity index (χ1v) is 7.44. The van der Waals surface area contributed by atoms with E-state index in [0.29, 0.717) is 0 Å². The predicted molar refractivity (Wildman–Crippen MR) is 88.6 cm³/mol. The lowest BCUT2D eigenvalue weighted by molar-refractivity contribution is 1.04. The number of nitrogens with two attached hydrogens (primary N) is 1. The number of nitrogens with one attached hydrogen (secondary N) is 1. The molecule has 3 N–H and O–H groups in total. The Morgan fingerprint density at radius 3 is 2.85 bits per heavy atom. The Bertz CT molecular complexity index is 634. The molecule has 1 aromatic heterocycles. The van der Waals surface area contributed by atoms with Crippen molar-refractivity contribution in [1.82, 2.24) is 10.4 Å². The molecule has 4 nitrogen and oxygen atoms in total. The van der Waals surface area contributed by atoms with Gasteiger partial charge in [-0.25, -0.2) is 4.98 Å². The number of hydrazone groups is 1. The number of hydrogen-bond donors (Lipinski definition) is 2. The monoisotopic (exact) mass is 324 g/mol. The quantitative estimate of drug-likeness (QED) is 0.515. The highest BCUT2D eigenvalue weighted by atomic mass is 35.5. The molecule has 0 amide bonds. The van der Waals surface area contributed by atoms with Crippen LogP contribution in [0.2, 0.25) is 5.02 Å². The standard InChI is InChI=1S/C13H13ClN4S2/c1-8-11(7-16-18-13(15)19)20-12(17-8)6-9-2-4-10(14)5-3-9/h2-5,7H,6H2,1H3,(H3,15,18,19)/b16-7+. The number of rotatable bonds is 4. The van der Waals surface area contributed by atoms with Gasteiger partial charge in [-0.1, -0.05) is 23.7 Å². The third-order valence-electron chi connectivity index (χ3n) is 2.50. The van der Waals surface area contributed by atoms with Gasteiger partial charge in [0.25, 0.3) is 0 Å². The van der Waals surface area contributed by atoms with Crippen LogP contribution in [0.25, 0.3) is 0 Å². The Morgan fingerprint density at radius 1 is 1.50 bits per heavy atom. The molecule has 104 valence electrons. The van der Waals surface area contributed by atoms with E-state index in [0.717, 1.165) is 27.0 Å². The maximum absolute atomic E-state index is 5.87. The molecule has 0 fully saturated rings. The van der Waals surface area contributed by atoms with Crippen LogP contribution in [-0.4, -0.2) is 16.3 Å². The number of thiazole rings is 1. The van der Waals surface area contributed by atoms with Gasteiger partial charge in [0.2, 0.25) is 0 Å². The first-order chi connectivity index (χ1) is 9.54. The molecule has 1 heterocycles. The van der Waals surface area contributed by atoms with Crippen molar-refractivity contribution in [3.8, 4) is 0 Å². The first-order valence-electron chi connectivity index (χ1n) is 5.84. The van der Waals surface area contributed by atoms with Crippen molar-refractivity contribution in [1.29, 1.82) is 0 Å². The maximum atomic E-state index is 5.87. The second-order valence-electron chi connectivity index (χ2n) is 4.09. The number of thiocarbonyl (C=S) groups is 1. The van der Waals surface area contributed by atoms with E-state index in [9.17, 15) is 0 Å². The van der Waals surface area contributed by atoms with Gasteiger partial charge < -0.3 is 5.73 Å². The summed E-state index contributed by atoms with van der Waals surface area (Å²) in [6.45, 7) is 1.95. The van der Waals surface area contributed by atoms with E-state index in [1.807, 2.05) is 31.2 Å². The lowest BCUT2D eigenvalue weighted by atomic mass is 10.2. The van der Waals surface area contributed by atoms with Gasteiger partial charge in [-0.2, -0.15) is 5.10 Å². The molecule has 2 rings (SSSR count). The van der Waals surface area contributed by atoms with Crippen molar-refractivity contribution in [2.45, 2.75) is 13.3 Å². The first kappa shape index (κ1) is 14.9. The largest absolute Gasteiger partial charge is 0.375 e. The molecule has 0 spiro atoms. The maximum Gasteiger partial charge on any atom is 0.184 e. The van der Waals surface area contributed by atoms with Crippen LogP contribution >= 0.6 is 35.2 Å². The van der Waals surface area contributed by atoms with Crippen LogP contribution < -0.4 is 11.2 Å². The van der Waals surface area contributed by atoms with Crippen LogP contribution in [0.1, 0.15) is 21.1 Å². The van der Waals surface area contributed by atoms with E-state index in [1.54, 1.807) is 17.6 Å². The minimum atomic E-state index is 0.143. The lowest BCUT2D eigenvalue weighted by Gasteiger charge is -1.97. The summed E-state index contributed by atoms with van der Waals surface area (Å²) in [6, 6.07) is 7.76. The minimum Gasteiger partial charge on any atom is -0.375 e. The van der Waals surface area contributed by atoms with Crippen LogP contribution in [-0.2, 0) is 6.42 Å². The highest BCUT2D eigenvalue weighted by Crippen LogP contribution is 2.20. The smallest absolute Gasteiger partial charge is 0.184 e. The normalized spacial score (nSPS) is 10.9. The third kappa shape index (κ3) is 4.26. The second-order valence-corrected chi connectivity index (χ2v) is 6.09. The highest BCUT2D eigenvalue weighted by molar-refractivity contribution is 7.80. The van der Waals surface area contributed by atoms with Gasteiger partial charge in [-0.3, -0.25) is 5.43 Å². The summed E-state index contributed by atoms with van der Waals surface area (Å²) < 4.78 is 0. The van der Waals surface area contributed by atoms with E-state index in [4.69, 9.17) is 17.3 Å².